The zero-order valence-corrected chi connectivity index (χ0v) is 24.9. The molecule has 2 aliphatic rings. The second-order valence-corrected chi connectivity index (χ2v) is 12.6. The summed E-state index contributed by atoms with van der Waals surface area (Å²) in [6, 6.07) is 20.0. The predicted octanol–water partition coefficient (Wildman–Crippen LogP) is 6.03. The van der Waals surface area contributed by atoms with Crippen LogP contribution in [0.1, 0.15) is 69.7 Å². The molecular formula is C33H38N4O4S. The van der Waals surface area contributed by atoms with Crippen LogP contribution < -0.4 is 15.6 Å². The number of anilines is 1. The van der Waals surface area contributed by atoms with Crippen molar-refractivity contribution < 1.29 is 13.2 Å². The van der Waals surface area contributed by atoms with Gasteiger partial charge in [0.25, 0.3) is 15.6 Å². The Balaban J connectivity index is 1.55. The van der Waals surface area contributed by atoms with E-state index in [4.69, 9.17) is 4.98 Å². The zero-order chi connectivity index (χ0) is 29.5. The van der Waals surface area contributed by atoms with Gasteiger partial charge in [-0.05, 0) is 54.7 Å². The molecule has 220 valence electrons. The smallest absolute Gasteiger partial charge is 0.264 e. The average Bonchev–Trinajstić information content (AvgIpc) is 2.99. The molecular weight excluding hydrogens is 548 g/mol. The highest BCUT2D eigenvalue weighted by atomic mass is 32.2. The molecule has 0 radical (unpaired) electrons. The van der Waals surface area contributed by atoms with Gasteiger partial charge in [0.15, 0.2) is 0 Å². The highest BCUT2D eigenvalue weighted by Gasteiger charge is 2.22. The lowest BCUT2D eigenvalue weighted by atomic mass is 10.0. The third-order valence-corrected chi connectivity index (χ3v) is 9.16. The molecule has 9 heteroatoms. The first-order valence-electron chi connectivity index (χ1n) is 14.9. The Morgan fingerprint density at radius 3 is 2.48 bits per heavy atom. The van der Waals surface area contributed by atoms with Gasteiger partial charge in [-0.25, -0.2) is 18.1 Å². The van der Waals surface area contributed by atoms with E-state index in [0.29, 0.717) is 41.4 Å². The number of unbranched alkanes of at least 4 members (excludes halogenated alkanes) is 1. The number of hydrogen-bond donors (Lipinski definition) is 2. The largest absolute Gasteiger partial charge is 0.385 e. The number of hydrogen-bond acceptors (Lipinski definition) is 6. The Kier molecular flexibility index (Phi) is 9.37. The van der Waals surface area contributed by atoms with Crippen LogP contribution in [0.5, 0.6) is 0 Å². The van der Waals surface area contributed by atoms with Gasteiger partial charge >= 0.3 is 0 Å². The first kappa shape index (κ1) is 29.5. The Morgan fingerprint density at radius 1 is 0.905 bits per heavy atom. The summed E-state index contributed by atoms with van der Waals surface area (Å²) < 4.78 is 30.5. The van der Waals surface area contributed by atoms with E-state index < -0.39 is 15.9 Å². The Morgan fingerprint density at radius 2 is 1.67 bits per heavy atom. The van der Waals surface area contributed by atoms with E-state index in [9.17, 15) is 18.0 Å². The van der Waals surface area contributed by atoms with Crippen LogP contribution in [0.3, 0.4) is 0 Å². The highest BCUT2D eigenvalue weighted by molar-refractivity contribution is 7.90. The van der Waals surface area contributed by atoms with Crippen molar-refractivity contribution in [2.75, 3.05) is 11.9 Å². The number of aromatic nitrogens is 2. The van der Waals surface area contributed by atoms with Gasteiger partial charge in [0, 0.05) is 30.6 Å². The SMILES string of the molecule is CCCCc1nc2ccc3cc2c(=O)n1Cc1ccc(cc1)-c1ccccc1S(=O)(=O)NC(=O)CCCCCCCN3. The highest BCUT2D eigenvalue weighted by Crippen LogP contribution is 2.28. The maximum absolute atomic E-state index is 13.8. The number of fused-ring (bicyclic) bond motifs is 12. The fraction of sp³-hybridized carbons (Fsp3) is 0.364. The maximum Gasteiger partial charge on any atom is 0.264 e. The fourth-order valence-corrected chi connectivity index (χ4v) is 6.65. The normalized spacial score (nSPS) is 16.2. The molecule has 42 heavy (non-hydrogen) atoms. The lowest BCUT2D eigenvalue weighted by molar-refractivity contribution is -0.119. The minimum atomic E-state index is -4.05. The van der Waals surface area contributed by atoms with Crippen LogP contribution in [-0.2, 0) is 27.8 Å². The van der Waals surface area contributed by atoms with Crippen molar-refractivity contribution >= 4 is 32.5 Å². The zero-order valence-electron chi connectivity index (χ0n) is 24.1. The summed E-state index contributed by atoms with van der Waals surface area (Å²) in [6.07, 6.45) is 7.15. The van der Waals surface area contributed by atoms with Crippen molar-refractivity contribution in [1.29, 1.82) is 0 Å². The van der Waals surface area contributed by atoms with Gasteiger partial charge in [-0.3, -0.25) is 14.2 Å². The van der Waals surface area contributed by atoms with E-state index in [0.717, 1.165) is 62.1 Å². The number of nitrogens with zero attached hydrogens (tertiary/aromatic N) is 2. The van der Waals surface area contributed by atoms with E-state index in [2.05, 4.69) is 17.0 Å². The minimum Gasteiger partial charge on any atom is -0.385 e. The van der Waals surface area contributed by atoms with Crippen molar-refractivity contribution in [3.8, 4) is 11.1 Å². The van der Waals surface area contributed by atoms with Crippen LogP contribution in [0.4, 0.5) is 5.69 Å². The summed E-state index contributed by atoms with van der Waals surface area (Å²) in [5, 5.41) is 4.02. The van der Waals surface area contributed by atoms with Gasteiger partial charge in [-0.1, -0.05) is 75.1 Å². The van der Waals surface area contributed by atoms with Crippen LogP contribution in [0.25, 0.3) is 22.0 Å². The molecule has 6 rings (SSSR count). The molecule has 0 spiro atoms. The van der Waals surface area contributed by atoms with Crippen molar-refractivity contribution in [2.45, 2.75) is 76.2 Å². The Hall–Kier alpha value is -3.98. The monoisotopic (exact) mass is 586 g/mol. The number of aryl methyl sites for hydroxylation is 1. The third-order valence-electron chi connectivity index (χ3n) is 7.73. The minimum absolute atomic E-state index is 0.0598. The fourth-order valence-electron chi connectivity index (χ4n) is 5.41. The number of rotatable bonds is 3. The van der Waals surface area contributed by atoms with Crippen molar-refractivity contribution in [1.82, 2.24) is 14.3 Å². The number of benzene rings is 3. The van der Waals surface area contributed by atoms with E-state index in [1.165, 1.54) is 6.07 Å². The molecule has 0 saturated carbocycles. The number of sulfonamides is 1. The molecule has 1 aromatic heterocycles. The van der Waals surface area contributed by atoms with E-state index in [1.807, 2.05) is 42.5 Å². The summed E-state index contributed by atoms with van der Waals surface area (Å²) in [5.41, 5.74) is 3.65. The van der Waals surface area contributed by atoms with Crippen LogP contribution >= 0.6 is 0 Å². The number of carbonyl (C=O) groups is 1. The average molecular weight is 587 g/mol. The molecule has 0 unspecified atom stereocenters. The summed E-state index contributed by atoms with van der Waals surface area (Å²) >= 11 is 0. The van der Waals surface area contributed by atoms with Gasteiger partial charge in [0.05, 0.1) is 22.3 Å². The molecule has 4 aromatic rings. The molecule has 0 aliphatic carbocycles. The number of nitrogens with one attached hydrogen (secondary N) is 2. The van der Waals surface area contributed by atoms with E-state index in [1.54, 1.807) is 22.8 Å². The van der Waals surface area contributed by atoms with Crippen molar-refractivity contribution in [2.24, 2.45) is 0 Å². The van der Waals surface area contributed by atoms with Gasteiger partial charge in [-0.2, -0.15) is 0 Å². The van der Waals surface area contributed by atoms with Gasteiger partial charge in [0.2, 0.25) is 5.91 Å². The first-order chi connectivity index (χ1) is 20.4. The Labute approximate surface area is 247 Å². The second kappa shape index (κ2) is 13.3. The molecule has 2 N–H and O–H groups in total. The van der Waals surface area contributed by atoms with Crippen molar-refractivity contribution in [3.63, 3.8) is 0 Å². The first-order valence-corrected chi connectivity index (χ1v) is 16.4. The summed E-state index contributed by atoms with van der Waals surface area (Å²) in [7, 11) is -4.05. The van der Waals surface area contributed by atoms with E-state index in [-0.39, 0.29) is 16.9 Å². The third kappa shape index (κ3) is 6.90. The molecule has 2 aliphatic heterocycles. The molecule has 3 heterocycles. The molecule has 0 saturated heterocycles. The molecule has 5 bridgehead atoms. The second-order valence-electron chi connectivity index (χ2n) is 10.9. The van der Waals surface area contributed by atoms with Crippen molar-refractivity contribution in [3.05, 3.63) is 88.5 Å². The predicted molar refractivity (Wildman–Crippen MR) is 167 cm³/mol. The standard InChI is InChI=1S/C33H38N4O4S/c1-2-3-13-31-35-29-20-19-26-22-28(29)33(39)37(31)23-24-15-17-25(18-16-24)27-11-8-9-12-30(27)42(40,41)36-32(38)14-7-5-4-6-10-21-34-26/h8-9,11-12,15-20,22,34H,2-7,10,13-14,21,23H2,1H3,(H,36,38). The summed E-state index contributed by atoms with van der Waals surface area (Å²) in [4.78, 5) is 31.3. The molecule has 0 fully saturated rings. The van der Waals surface area contributed by atoms with Gasteiger partial charge in [0.1, 0.15) is 5.82 Å². The van der Waals surface area contributed by atoms with Gasteiger partial charge < -0.3 is 5.32 Å². The lowest BCUT2D eigenvalue weighted by Gasteiger charge is -2.15. The summed E-state index contributed by atoms with van der Waals surface area (Å²) in [6.45, 7) is 3.25. The van der Waals surface area contributed by atoms with Crippen LogP contribution in [0, 0.1) is 0 Å². The topological polar surface area (TPSA) is 110 Å². The van der Waals surface area contributed by atoms with Crippen LogP contribution in [0.15, 0.2) is 76.4 Å². The molecule has 1 amide bonds. The van der Waals surface area contributed by atoms with E-state index >= 15 is 0 Å². The lowest BCUT2D eigenvalue weighted by Crippen LogP contribution is -2.30. The molecule has 0 atom stereocenters. The maximum atomic E-state index is 13.8. The molecule has 8 nitrogen and oxygen atoms in total. The summed E-state index contributed by atoms with van der Waals surface area (Å²) in [5.74, 6) is 0.270. The number of amides is 1. The number of carbonyl (C=O) groups excluding carboxylic acids is 1. The Bertz CT molecular complexity index is 1730. The van der Waals surface area contributed by atoms with Crippen LogP contribution in [-0.4, -0.2) is 30.4 Å². The quantitative estimate of drug-likeness (QED) is 0.304. The van der Waals surface area contributed by atoms with Crippen LogP contribution in [0.2, 0.25) is 0 Å². The molecule has 3 aromatic carbocycles. The van der Waals surface area contributed by atoms with Gasteiger partial charge in [-0.15, -0.1) is 0 Å².